The number of hydrogen-bond acceptors (Lipinski definition) is 10. The maximum atomic E-state index is 12.8. The normalized spacial score (nSPS) is 18.3. The van der Waals surface area contributed by atoms with Crippen LogP contribution in [0.4, 0.5) is 0 Å². The minimum atomic E-state index is -2.20. The quantitative estimate of drug-likeness (QED) is 0.135. The van der Waals surface area contributed by atoms with Gasteiger partial charge in [0.25, 0.3) is 0 Å². The number of aliphatic carboxylic acids is 1. The van der Waals surface area contributed by atoms with Crippen LogP contribution in [-0.2, 0) is 19.9 Å². The van der Waals surface area contributed by atoms with Crippen molar-refractivity contribution in [2.24, 2.45) is 5.92 Å². The van der Waals surface area contributed by atoms with Crippen molar-refractivity contribution in [2.75, 3.05) is 32.8 Å². The molecule has 0 radical (unpaired) electrons. The van der Waals surface area contributed by atoms with Crippen molar-refractivity contribution in [1.82, 2.24) is 4.90 Å². The summed E-state index contributed by atoms with van der Waals surface area (Å²) in [6.45, 7) is 5.91. The molecule has 1 aromatic rings. The number of aliphatic hydroxyl groups is 6. The second kappa shape index (κ2) is 17.9. The molecule has 11 heteroatoms. The van der Waals surface area contributed by atoms with E-state index in [9.17, 15) is 14.7 Å². The molecule has 0 heterocycles. The highest BCUT2D eigenvalue weighted by Crippen LogP contribution is 2.40. The smallest absolute Gasteiger partial charge is 0.344 e. The van der Waals surface area contributed by atoms with Gasteiger partial charge in [0.15, 0.2) is 18.3 Å². The van der Waals surface area contributed by atoms with Crippen molar-refractivity contribution in [3.8, 4) is 11.8 Å². The van der Waals surface area contributed by atoms with Crippen LogP contribution in [0.5, 0.6) is 0 Å². The molecule has 1 saturated carbocycles. The molecule has 2 rings (SSSR count). The first kappa shape index (κ1) is 34.5. The SMILES string of the molecule is CCN(CC)CC#CCOC(=O)C(O)(c1ccccc1)C1CCCCC1.O=C(O)[C@H](O)[C@@H](O)[C@H](O)[C@H](O)CO. The Bertz CT molecular complexity index is 908. The highest BCUT2D eigenvalue weighted by molar-refractivity contribution is 5.81. The number of hydrogen-bond donors (Lipinski definition) is 7. The first-order valence-corrected chi connectivity index (χ1v) is 13.2. The lowest BCUT2D eigenvalue weighted by atomic mass is 9.73. The molecule has 0 bridgehead atoms. The van der Waals surface area contributed by atoms with E-state index in [1.54, 1.807) is 0 Å². The Morgan fingerprint density at radius 1 is 1.00 bits per heavy atom. The van der Waals surface area contributed by atoms with Crippen LogP contribution in [0, 0.1) is 17.8 Å². The largest absolute Gasteiger partial charge is 0.479 e. The van der Waals surface area contributed by atoms with Crippen LogP contribution < -0.4 is 0 Å². The van der Waals surface area contributed by atoms with E-state index in [0.29, 0.717) is 12.1 Å². The monoisotopic (exact) mass is 553 g/mol. The zero-order chi connectivity index (χ0) is 29.4. The van der Waals surface area contributed by atoms with Crippen LogP contribution in [-0.4, -0.2) is 110 Å². The van der Waals surface area contributed by atoms with Gasteiger partial charge in [0, 0.05) is 5.92 Å². The maximum absolute atomic E-state index is 12.8. The van der Waals surface area contributed by atoms with Crippen LogP contribution >= 0.6 is 0 Å². The van der Waals surface area contributed by atoms with Gasteiger partial charge in [-0.15, -0.1) is 0 Å². The average molecular weight is 554 g/mol. The van der Waals surface area contributed by atoms with Crippen LogP contribution in [0.15, 0.2) is 30.3 Å². The number of rotatable bonds is 12. The fourth-order valence-corrected chi connectivity index (χ4v) is 4.28. The minimum Gasteiger partial charge on any atom is -0.479 e. The van der Waals surface area contributed by atoms with Crippen LogP contribution in [0.1, 0.15) is 51.5 Å². The molecule has 11 nitrogen and oxygen atoms in total. The third kappa shape index (κ3) is 10.5. The predicted octanol–water partition coefficient (Wildman–Crippen LogP) is -0.150. The molecule has 0 amide bonds. The van der Waals surface area contributed by atoms with Gasteiger partial charge < -0.3 is 40.5 Å². The lowest BCUT2D eigenvalue weighted by molar-refractivity contribution is -0.174. The molecule has 0 aromatic heterocycles. The number of aliphatic hydroxyl groups excluding tert-OH is 5. The third-order valence-electron chi connectivity index (χ3n) is 6.83. The number of nitrogens with zero attached hydrogens (tertiary/aromatic N) is 1. The molecule has 7 N–H and O–H groups in total. The predicted molar refractivity (Wildman–Crippen MR) is 142 cm³/mol. The summed E-state index contributed by atoms with van der Waals surface area (Å²) in [5.41, 5.74) is -0.963. The van der Waals surface area contributed by atoms with Gasteiger partial charge in [-0.05, 0) is 31.5 Å². The zero-order valence-corrected chi connectivity index (χ0v) is 22.6. The average Bonchev–Trinajstić information content (AvgIpc) is 2.97. The molecule has 39 heavy (non-hydrogen) atoms. The summed E-state index contributed by atoms with van der Waals surface area (Å²) in [5, 5.41) is 63.2. The lowest BCUT2D eigenvalue weighted by Crippen LogP contribution is -2.48. The number of carboxylic acid groups (broad SMARTS) is 1. The summed E-state index contributed by atoms with van der Waals surface area (Å²) in [6.07, 6.45) is -2.92. The lowest BCUT2D eigenvalue weighted by Gasteiger charge is -2.36. The Morgan fingerprint density at radius 3 is 2.10 bits per heavy atom. The number of ether oxygens (including phenoxy) is 1. The van der Waals surface area contributed by atoms with Crippen LogP contribution in [0.2, 0.25) is 0 Å². The molecule has 1 fully saturated rings. The first-order chi connectivity index (χ1) is 18.5. The second-order valence-corrected chi connectivity index (χ2v) is 9.37. The molecular weight excluding hydrogens is 510 g/mol. The molecule has 5 atom stereocenters. The molecule has 1 aromatic carbocycles. The molecule has 1 unspecified atom stereocenters. The van der Waals surface area contributed by atoms with Gasteiger partial charge in [-0.3, -0.25) is 4.90 Å². The number of esters is 1. The van der Waals surface area contributed by atoms with Gasteiger partial charge in [-0.2, -0.15) is 0 Å². The fourth-order valence-electron chi connectivity index (χ4n) is 4.28. The van der Waals surface area contributed by atoms with Gasteiger partial charge in [0.2, 0.25) is 0 Å². The fraction of sp³-hybridized carbons (Fsp3) is 0.643. The van der Waals surface area contributed by atoms with Gasteiger partial charge in [0.1, 0.15) is 18.3 Å². The first-order valence-electron chi connectivity index (χ1n) is 13.2. The molecule has 0 spiro atoms. The van der Waals surface area contributed by atoms with Gasteiger partial charge in [0.05, 0.1) is 13.2 Å². The Kier molecular flexibility index (Phi) is 15.8. The van der Waals surface area contributed by atoms with Gasteiger partial charge >= 0.3 is 11.9 Å². The highest BCUT2D eigenvalue weighted by Gasteiger charge is 2.47. The van der Waals surface area contributed by atoms with E-state index in [1.807, 2.05) is 30.3 Å². The molecule has 0 saturated heterocycles. The third-order valence-corrected chi connectivity index (χ3v) is 6.83. The van der Waals surface area contributed by atoms with E-state index in [2.05, 4.69) is 30.6 Å². The van der Waals surface area contributed by atoms with Gasteiger partial charge in [-0.25, -0.2) is 9.59 Å². The van der Waals surface area contributed by atoms with Crippen molar-refractivity contribution >= 4 is 11.9 Å². The van der Waals surface area contributed by atoms with Crippen LogP contribution in [0.3, 0.4) is 0 Å². The second-order valence-electron chi connectivity index (χ2n) is 9.37. The van der Waals surface area contributed by atoms with Crippen molar-refractivity contribution in [1.29, 1.82) is 0 Å². The van der Waals surface area contributed by atoms with Gasteiger partial charge in [-0.1, -0.05) is 75.3 Å². The Hall–Kier alpha value is -2.56. The summed E-state index contributed by atoms with van der Waals surface area (Å²) in [6, 6.07) is 9.19. The topological polar surface area (TPSA) is 188 Å². The summed E-state index contributed by atoms with van der Waals surface area (Å²) in [5.74, 6) is 3.52. The summed E-state index contributed by atoms with van der Waals surface area (Å²) < 4.78 is 5.38. The highest BCUT2D eigenvalue weighted by atomic mass is 16.5. The Balaban J connectivity index is 0.000000495. The van der Waals surface area contributed by atoms with E-state index in [-0.39, 0.29) is 12.5 Å². The Labute approximate surface area is 229 Å². The van der Waals surface area contributed by atoms with E-state index < -0.39 is 48.6 Å². The van der Waals surface area contributed by atoms with E-state index in [4.69, 9.17) is 35.4 Å². The zero-order valence-electron chi connectivity index (χ0n) is 22.6. The summed E-state index contributed by atoms with van der Waals surface area (Å²) >= 11 is 0. The molecule has 0 aliphatic heterocycles. The Morgan fingerprint density at radius 2 is 1.59 bits per heavy atom. The molecule has 1 aliphatic carbocycles. The maximum Gasteiger partial charge on any atom is 0.344 e. The molecular formula is C28H43NO10. The van der Waals surface area contributed by atoms with E-state index in [0.717, 1.165) is 45.2 Å². The van der Waals surface area contributed by atoms with Crippen molar-refractivity contribution in [3.05, 3.63) is 35.9 Å². The van der Waals surface area contributed by atoms with Crippen molar-refractivity contribution in [2.45, 2.75) is 76.0 Å². The van der Waals surface area contributed by atoms with E-state index >= 15 is 0 Å². The summed E-state index contributed by atoms with van der Waals surface area (Å²) in [4.78, 5) is 25.1. The molecule has 220 valence electrons. The van der Waals surface area contributed by atoms with E-state index in [1.165, 1.54) is 0 Å². The standard InChI is InChI=1S/C22H31NO3.C6H12O7/c1-3-23(4-2)17-11-12-18-26-21(24)22(25,19-13-7-5-8-14-19)20-15-9-6-10-16-20;7-1-2(8)3(9)4(10)5(11)6(12)13/h5,7-8,13-14,20,25H,3-4,6,9-10,15-18H2,1-2H3;2-5,7-11H,1H2,(H,12,13)/t;2-,3-,4+,5-/m.1/s1. The number of carboxylic acids is 1. The number of carbonyl (C=O) groups excluding carboxylic acids is 1. The molecule has 1 aliphatic rings. The number of benzene rings is 1. The number of carbonyl (C=O) groups is 2. The summed E-state index contributed by atoms with van der Waals surface area (Å²) in [7, 11) is 0. The van der Waals surface area contributed by atoms with Crippen LogP contribution in [0.25, 0.3) is 0 Å². The minimum absolute atomic E-state index is 0.0158. The van der Waals surface area contributed by atoms with Crippen molar-refractivity contribution in [3.63, 3.8) is 0 Å². The van der Waals surface area contributed by atoms with Crippen molar-refractivity contribution < 1.29 is 50.1 Å².